The summed E-state index contributed by atoms with van der Waals surface area (Å²) in [6, 6.07) is 6.47. The molecule has 4 nitrogen and oxygen atoms in total. The van der Waals surface area contributed by atoms with Crippen LogP contribution in [0.25, 0.3) is 0 Å². The lowest BCUT2D eigenvalue weighted by Crippen LogP contribution is -2.34. The maximum atomic E-state index is 8.95. The van der Waals surface area contributed by atoms with E-state index in [1.165, 1.54) is 19.4 Å². The van der Waals surface area contributed by atoms with E-state index in [2.05, 4.69) is 28.2 Å². The van der Waals surface area contributed by atoms with Crippen molar-refractivity contribution >= 4 is 5.69 Å². The van der Waals surface area contributed by atoms with Crippen LogP contribution >= 0.6 is 0 Å². The second-order valence-electron chi connectivity index (χ2n) is 4.32. The van der Waals surface area contributed by atoms with Crippen molar-refractivity contribution in [2.45, 2.75) is 25.8 Å². The Hall–Kier alpha value is -1.60. The third kappa shape index (κ3) is 2.75. The van der Waals surface area contributed by atoms with E-state index in [9.17, 15) is 0 Å². The van der Waals surface area contributed by atoms with E-state index in [4.69, 9.17) is 5.26 Å². The van der Waals surface area contributed by atoms with Crippen LogP contribution in [0, 0.1) is 11.3 Å². The number of hydrogen-bond donors (Lipinski definition) is 1. The van der Waals surface area contributed by atoms with Crippen LogP contribution in [-0.2, 0) is 0 Å². The fourth-order valence-electron chi connectivity index (χ4n) is 2.41. The first-order valence-corrected chi connectivity index (χ1v) is 6.18. The van der Waals surface area contributed by atoms with Crippen LogP contribution in [0.1, 0.15) is 25.5 Å². The van der Waals surface area contributed by atoms with Gasteiger partial charge in [-0.15, -0.1) is 0 Å². The van der Waals surface area contributed by atoms with Crippen LogP contribution in [0.15, 0.2) is 18.3 Å². The van der Waals surface area contributed by atoms with Gasteiger partial charge in [0.15, 0.2) is 5.69 Å². The maximum Gasteiger partial charge on any atom is 0.163 e. The smallest absolute Gasteiger partial charge is 0.163 e. The molecule has 0 spiro atoms. The molecule has 1 unspecified atom stereocenters. The van der Waals surface area contributed by atoms with Crippen molar-refractivity contribution in [3.63, 3.8) is 0 Å². The molecule has 90 valence electrons. The number of pyridine rings is 1. The summed E-state index contributed by atoms with van der Waals surface area (Å²) in [6.07, 6.45) is 4.17. The van der Waals surface area contributed by atoms with Gasteiger partial charge in [0.2, 0.25) is 0 Å². The molecule has 1 aromatic rings. The summed E-state index contributed by atoms with van der Waals surface area (Å²) in [5.41, 5.74) is 1.33. The van der Waals surface area contributed by atoms with Gasteiger partial charge in [0.1, 0.15) is 6.07 Å². The lowest BCUT2D eigenvalue weighted by atomic mass is 10.2. The quantitative estimate of drug-likeness (QED) is 0.857. The Morgan fingerprint density at radius 1 is 1.65 bits per heavy atom. The molecule has 17 heavy (non-hydrogen) atoms. The maximum absolute atomic E-state index is 8.95. The topological polar surface area (TPSA) is 52.0 Å². The van der Waals surface area contributed by atoms with Crippen LogP contribution in [0.3, 0.4) is 0 Å². The molecule has 1 saturated heterocycles. The molecule has 1 aliphatic rings. The van der Waals surface area contributed by atoms with Gasteiger partial charge in [-0.05, 0) is 38.1 Å². The minimum Gasteiger partial charge on any atom is -0.381 e. The Bertz CT molecular complexity index is 410. The first kappa shape index (κ1) is 11.9. The van der Waals surface area contributed by atoms with E-state index in [1.54, 1.807) is 6.20 Å². The van der Waals surface area contributed by atoms with E-state index >= 15 is 0 Å². The van der Waals surface area contributed by atoms with Gasteiger partial charge in [0.05, 0.1) is 5.69 Å². The molecule has 1 aromatic heterocycles. The summed E-state index contributed by atoms with van der Waals surface area (Å²) in [6.45, 7) is 5.39. The average Bonchev–Trinajstić information content (AvgIpc) is 2.84. The van der Waals surface area contributed by atoms with Gasteiger partial charge in [0, 0.05) is 18.8 Å². The summed E-state index contributed by atoms with van der Waals surface area (Å²) in [7, 11) is 0. The van der Waals surface area contributed by atoms with Gasteiger partial charge in [-0.3, -0.25) is 4.90 Å². The summed E-state index contributed by atoms with van der Waals surface area (Å²) in [4.78, 5) is 6.53. The third-order valence-corrected chi connectivity index (χ3v) is 3.35. The zero-order valence-electron chi connectivity index (χ0n) is 10.2. The highest BCUT2D eigenvalue weighted by Crippen LogP contribution is 2.18. The Balaban J connectivity index is 1.96. The standard InChI is InChI=1S/C13H18N4/c1-2-17-8-4-5-11(17)10-16-12-6-3-7-15-13(12)9-14/h3,6-7,11,16H,2,4-5,8,10H2,1H3. The van der Waals surface area contributed by atoms with Crippen molar-refractivity contribution in [2.75, 3.05) is 25.0 Å². The molecule has 1 fully saturated rings. The lowest BCUT2D eigenvalue weighted by molar-refractivity contribution is 0.277. The van der Waals surface area contributed by atoms with Crippen molar-refractivity contribution in [1.29, 1.82) is 5.26 Å². The predicted octanol–water partition coefficient (Wildman–Crippen LogP) is 1.85. The molecule has 2 heterocycles. The van der Waals surface area contributed by atoms with Crippen molar-refractivity contribution in [1.82, 2.24) is 9.88 Å². The number of likely N-dealkylation sites (tertiary alicyclic amines) is 1. The van der Waals surface area contributed by atoms with Crippen molar-refractivity contribution < 1.29 is 0 Å². The lowest BCUT2D eigenvalue weighted by Gasteiger charge is -2.23. The number of nitriles is 1. The first-order valence-electron chi connectivity index (χ1n) is 6.18. The number of likely N-dealkylation sites (N-methyl/N-ethyl adjacent to an activating group) is 1. The third-order valence-electron chi connectivity index (χ3n) is 3.35. The summed E-state index contributed by atoms with van der Waals surface area (Å²) < 4.78 is 0. The minimum atomic E-state index is 0.480. The van der Waals surface area contributed by atoms with Crippen LogP contribution in [-0.4, -0.2) is 35.6 Å². The molecule has 0 saturated carbocycles. The summed E-state index contributed by atoms with van der Waals surface area (Å²) in [5.74, 6) is 0. The highest BCUT2D eigenvalue weighted by atomic mass is 15.2. The van der Waals surface area contributed by atoms with Gasteiger partial charge >= 0.3 is 0 Å². The van der Waals surface area contributed by atoms with Crippen molar-refractivity contribution in [2.24, 2.45) is 0 Å². The Labute approximate surface area is 102 Å². The zero-order chi connectivity index (χ0) is 12.1. The molecule has 0 amide bonds. The molecule has 0 aromatic carbocycles. The van der Waals surface area contributed by atoms with Crippen molar-refractivity contribution in [3.05, 3.63) is 24.0 Å². The Morgan fingerprint density at radius 3 is 3.29 bits per heavy atom. The average molecular weight is 230 g/mol. The van der Waals surface area contributed by atoms with E-state index < -0.39 is 0 Å². The SMILES string of the molecule is CCN1CCCC1CNc1cccnc1C#N. The molecule has 0 radical (unpaired) electrons. The highest BCUT2D eigenvalue weighted by Gasteiger charge is 2.22. The van der Waals surface area contributed by atoms with Gasteiger partial charge < -0.3 is 5.32 Å². The number of rotatable bonds is 4. The second kappa shape index (κ2) is 5.65. The molecule has 2 rings (SSSR count). The van der Waals surface area contributed by atoms with Gasteiger partial charge in [-0.25, -0.2) is 4.98 Å². The normalized spacial score (nSPS) is 20.1. The fourth-order valence-corrected chi connectivity index (χ4v) is 2.41. The van der Waals surface area contributed by atoms with E-state index in [1.807, 2.05) is 12.1 Å². The zero-order valence-corrected chi connectivity index (χ0v) is 10.2. The molecule has 1 aliphatic heterocycles. The van der Waals surface area contributed by atoms with Crippen LogP contribution < -0.4 is 5.32 Å². The Morgan fingerprint density at radius 2 is 2.53 bits per heavy atom. The monoisotopic (exact) mass is 230 g/mol. The first-order chi connectivity index (χ1) is 8.35. The largest absolute Gasteiger partial charge is 0.381 e. The number of hydrogen-bond acceptors (Lipinski definition) is 4. The predicted molar refractivity (Wildman–Crippen MR) is 67.7 cm³/mol. The fraction of sp³-hybridized carbons (Fsp3) is 0.538. The Kier molecular flexibility index (Phi) is 3.94. The minimum absolute atomic E-state index is 0.480. The van der Waals surface area contributed by atoms with Gasteiger partial charge in [-0.2, -0.15) is 5.26 Å². The number of nitrogens with zero attached hydrogens (tertiary/aromatic N) is 3. The molecule has 0 bridgehead atoms. The van der Waals surface area contributed by atoms with E-state index in [0.717, 1.165) is 18.8 Å². The second-order valence-corrected chi connectivity index (χ2v) is 4.32. The number of anilines is 1. The van der Waals surface area contributed by atoms with E-state index in [-0.39, 0.29) is 0 Å². The van der Waals surface area contributed by atoms with Crippen molar-refractivity contribution in [3.8, 4) is 6.07 Å². The van der Waals surface area contributed by atoms with Crippen LogP contribution in [0.5, 0.6) is 0 Å². The summed E-state index contributed by atoms with van der Waals surface area (Å²) >= 11 is 0. The molecule has 0 aliphatic carbocycles. The highest BCUT2D eigenvalue weighted by molar-refractivity contribution is 5.53. The molecule has 1 atom stereocenters. The van der Waals surface area contributed by atoms with Crippen LogP contribution in [0.2, 0.25) is 0 Å². The van der Waals surface area contributed by atoms with Crippen LogP contribution in [0.4, 0.5) is 5.69 Å². The number of nitrogens with one attached hydrogen (secondary N) is 1. The van der Waals surface area contributed by atoms with E-state index in [0.29, 0.717) is 11.7 Å². The number of aromatic nitrogens is 1. The molecular weight excluding hydrogens is 212 g/mol. The molecular formula is C13H18N4. The summed E-state index contributed by atoms with van der Waals surface area (Å²) in [5, 5.41) is 12.3. The molecule has 1 N–H and O–H groups in total. The van der Waals surface area contributed by atoms with Gasteiger partial charge in [0.25, 0.3) is 0 Å². The van der Waals surface area contributed by atoms with Gasteiger partial charge in [-0.1, -0.05) is 6.92 Å². The molecule has 4 heteroatoms.